The Bertz CT molecular complexity index is 611. The minimum atomic E-state index is -0.204. The molecule has 0 aliphatic carbocycles. The van der Waals surface area contributed by atoms with Crippen molar-refractivity contribution < 1.29 is 4.79 Å². The summed E-state index contributed by atoms with van der Waals surface area (Å²) >= 11 is 3.37. The number of carbonyl (C=O) groups excluding carboxylic acids is 1. The number of amides is 1. The van der Waals surface area contributed by atoms with E-state index in [0.717, 1.165) is 35.2 Å². The van der Waals surface area contributed by atoms with E-state index in [1.807, 2.05) is 37.4 Å². The van der Waals surface area contributed by atoms with Gasteiger partial charge in [-0.05, 0) is 42.8 Å². The summed E-state index contributed by atoms with van der Waals surface area (Å²) in [5, 5.41) is 2.83. The lowest BCUT2D eigenvalue weighted by Crippen LogP contribution is -2.19. The average Bonchev–Trinajstić information content (AvgIpc) is 2.55. The van der Waals surface area contributed by atoms with Crippen LogP contribution in [0.2, 0.25) is 0 Å². The number of nitrogens with one attached hydrogen (secondary N) is 1. The number of rotatable bonds is 6. The first-order chi connectivity index (χ1) is 10.6. The van der Waals surface area contributed by atoms with Gasteiger partial charge < -0.3 is 10.2 Å². The average molecular weight is 362 g/mol. The number of pyridine rings is 1. The van der Waals surface area contributed by atoms with Crippen LogP contribution in [0.3, 0.4) is 0 Å². The van der Waals surface area contributed by atoms with E-state index in [0.29, 0.717) is 5.69 Å². The fourth-order valence-electron chi connectivity index (χ4n) is 2.00. The second-order valence-electron chi connectivity index (χ2n) is 5.14. The minimum Gasteiger partial charge on any atom is -0.373 e. The van der Waals surface area contributed by atoms with Gasteiger partial charge in [-0.2, -0.15) is 0 Å². The normalized spacial score (nSPS) is 10.3. The van der Waals surface area contributed by atoms with Crippen molar-refractivity contribution in [2.24, 2.45) is 0 Å². The Labute approximate surface area is 139 Å². The minimum absolute atomic E-state index is 0.204. The molecule has 0 aliphatic heterocycles. The summed E-state index contributed by atoms with van der Waals surface area (Å²) < 4.78 is 0.975. The van der Waals surface area contributed by atoms with Gasteiger partial charge in [-0.25, -0.2) is 4.98 Å². The molecule has 0 atom stereocenters. The van der Waals surface area contributed by atoms with Crippen LogP contribution in [0.25, 0.3) is 0 Å². The van der Waals surface area contributed by atoms with Gasteiger partial charge in [0.05, 0.1) is 11.9 Å². The molecule has 116 valence electrons. The van der Waals surface area contributed by atoms with E-state index < -0.39 is 0 Å². The van der Waals surface area contributed by atoms with Gasteiger partial charge in [0.15, 0.2) is 0 Å². The molecule has 1 aromatic heterocycles. The van der Waals surface area contributed by atoms with Crippen molar-refractivity contribution in [3.63, 3.8) is 0 Å². The molecule has 4 nitrogen and oxygen atoms in total. The number of nitrogens with zero attached hydrogens (tertiary/aromatic N) is 2. The molecule has 1 amide bonds. The first-order valence-corrected chi connectivity index (χ1v) is 8.13. The Balaban J connectivity index is 2.00. The van der Waals surface area contributed by atoms with Crippen molar-refractivity contribution in [1.29, 1.82) is 0 Å². The molecular formula is C17H20BrN3O. The summed E-state index contributed by atoms with van der Waals surface area (Å²) in [6, 6.07) is 11.1. The SMILES string of the molecule is CCCCN(C)c1ccc(C(=O)Nc2ccc(Br)cc2)nc1. The molecule has 22 heavy (non-hydrogen) atoms. The molecule has 0 aliphatic rings. The van der Waals surface area contributed by atoms with Crippen LogP contribution >= 0.6 is 15.9 Å². The van der Waals surface area contributed by atoms with Gasteiger partial charge in [0, 0.05) is 23.8 Å². The maximum Gasteiger partial charge on any atom is 0.274 e. The lowest BCUT2D eigenvalue weighted by molar-refractivity contribution is 0.102. The molecule has 1 heterocycles. The van der Waals surface area contributed by atoms with Gasteiger partial charge in [0.2, 0.25) is 0 Å². The van der Waals surface area contributed by atoms with Crippen LogP contribution in [-0.4, -0.2) is 24.5 Å². The molecule has 1 aromatic carbocycles. The molecule has 1 N–H and O–H groups in total. The molecule has 5 heteroatoms. The van der Waals surface area contributed by atoms with Crippen LogP contribution < -0.4 is 10.2 Å². The Morgan fingerprint density at radius 1 is 1.23 bits per heavy atom. The smallest absolute Gasteiger partial charge is 0.274 e. The zero-order valence-corrected chi connectivity index (χ0v) is 14.4. The van der Waals surface area contributed by atoms with E-state index in [-0.39, 0.29) is 5.91 Å². The van der Waals surface area contributed by atoms with E-state index in [1.165, 1.54) is 0 Å². The number of unbranched alkanes of at least 4 members (excludes halogenated alkanes) is 1. The van der Waals surface area contributed by atoms with E-state index in [2.05, 4.69) is 38.1 Å². The van der Waals surface area contributed by atoms with Crippen molar-refractivity contribution in [2.45, 2.75) is 19.8 Å². The molecule has 0 fully saturated rings. The summed E-state index contributed by atoms with van der Waals surface area (Å²) in [5.74, 6) is -0.204. The molecule has 0 unspecified atom stereocenters. The highest BCUT2D eigenvalue weighted by Crippen LogP contribution is 2.16. The lowest BCUT2D eigenvalue weighted by Gasteiger charge is -2.18. The first-order valence-electron chi connectivity index (χ1n) is 7.34. The topological polar surface area (TPSA) is 45.2 Å². The van der Waals surface area contributed by atoms with Crippen LogP contribution in [0, 0.1) is 0 Å². The largest absolute Gasteiger partial charge is 0.373 e. The third-order valence-electron chi connectivity index (χ3n) is 3.37. The molecule has 0 saturated carbocycles. The summed E-state index contributed by atoms with van der Waals surface area (Å²) in [5.41, 5.74) is 2.18. The van der Waals surface area contributed by atoms with E-state index in [4.69, 9.17) is 0 Å². The molecule has 2 aromatic rings. The third kappa shape index (κ3) is 4.56. The predicted molar refractivity (Wildman–Crippen MR) is 94.5 cm³/mol. The van der Waals surface area contributed by atoms with Crippen molar-refractivity contribution in [2.75, 3.05) is 23.8 Å². The Hall–Kier alpha value is -1.88. The molecule has 0 saturated heterocycles. The monoisotopic (exact) mass is 361 g/mol. The number of anilines is 2. The Morgan fingerprint density at radius 3 is 2.55 bits per heavy atom. The van der Waals surface area contributed by atoms with Crippen LogP contribution in [-0.2, 0) is 0 Å². The van der Waals surface area contributed by atoms with E-state index in [9.17, 15) is 4.79 Å². The van der Waals surface area contributed by atoms with Gasteiger partial charge in [0.25, 0.3) is 5.91 Å². The third-order valence-corrected chi connectivity index (χ3v) is 3.90. The van der Waals surface area contributed by atoms with Gasteiger partial charge >= 0.3 is 0 Å². The van der Waals surface area contributed by atoms with Crippen LogP contribution in [0.1, 0.15) is 30.3 Å². The van der Waals surface area contributed by atoms with Crippen LogP contribution in [0.15, 0.2) is 47.1 Å². The van der Waals surface area contributed by atoms with Gasteiger partial charge in [-0.1, -0.05) is 29.3 Å². The summed E-state index contributed by atoms with van der Waals surface area (Å²) in [6.07, 6.45) is 4.04. The Kier molecular flexibility index (Phi) is 5.95. The van der Waals surface area contributed by atoms with Crippen molar-refractivity contribution in [1.82, 2.24) is 4.98 Å². The number of aromatic nitrogens is 1. The maximum absolute atomic E-state index is 12.2. The van der Waals surface area contributed by atoms with Crippen molar-refractivity contribution >= 4 is 33.2 Å². The number of carbonyl (C=O) groups is 1. The first kappa shape index (κ1) is 16.5. The van der Waals surface area contributed by atoms with E-state index >= 15 is 0 Å². The van der Waals surface area contributed by atoms with Crippen molar-refractivity contribution in [3.8, 4) is 0 Å². The molecule has 2 rings (SSSR count). The zero-order chi connectivity index (χ0) is 15.9. The second-order valence-corrected chi connectivity index (χ2v) is 6.05. The fraction of sp³-hybridized carbons (Fsp3) is 0.294. The number of hydrogen-bond acceptors (Lipinski definition) is 3. The molecule has 0 bridgehead atoms. The molecule has 0 radical (unpaired) electrons. The number of hydrogen-bond donors (Lipinski definition) is 1. The zero-order valence-electron chi connectivity index (χ0n) is 12.8. The highest BCUT2D eigenvalue weighted by Gasteiger charge is 2.08. The highest BCUT2D eigenvalue weighted by molar-refractivity contribution is 9.10. The number of benzene rings is 1. The quantitative estimate of drug-likeness (QED) is 0.832. The maximum atomic E-state index is 12.2. The van der Waals surface area contributed by atoms with Crippen LogP contribution in [0.5, 0.6) is 0 Å². The number of halogens is 1. The van der Waals surface area contributed by atoms with Gasteiger partial charge in [-0.3, -0.25) is 4.79 Å². The van der Waals surface area contributed by atoms with E-state index in [1.54, 1.807) is 12.3 Å². The van der Waals surface area contributed by atoms with Gasteiger partial charge in [-0.15, -0.1) is 0 Å². The van der Waals surface area contributed by atoms with Gasteiger partial charge in [0.1, 0.15) is 5.69 Å². The summed E-state index contributed by atoms with van der Waals surface area (Å²) in [4.78, 5) is 18.6. The highest BCUT2D eigenvalue weighted by atomic mass is 79.9. The van der Waals surface area contributed by atoms with Crippen LogP contribution in [0.4, 0.5) is 11.4 Å². The summed E-state index contributed by atoms with van der Waals surface area (Å²) in [6.45, 7) is 3.16. The van der Waals surface area contributed by atoms with Crippen molar-refractivity contribution in [3.05, 3.63) is 52.8 Å². The lowest BCUT2D eigenvalue weighted by atomic mass is 10.2. The fourth-order valence-corrected chi connectivity index (χ4v) is 2.26. The molecular weight excluding hydrogens is 342 g/mol. The second kappa shape index (κ2) is 7.94. The Morgan fingerprint density at radius 2 is 1.95 bits per heavy atom. The standard InChI is InChI=1S/C17H20BrN3O/c1-3-4-11-21(2)15-9-10-16(19-12-15)17(22)20-14-7-5-13(18)6-8-14/h5-10,12H,3-4,11H2,1-2H3,(H,20,22). The summed E-state index contributed by atoms with van der Waals surface area (Å²) in [7, 11) is 2.04. The molecule has 0 spiro atoms. The predicted octanol–water partition coefficient (Wildman–Crippen LogP) is 4.33.